The molecule has 2 aromatic rings. The molecule has 7 nitrogen and oxygen atoms in total. The van der Waals surface area contributed by atoms with E-state index in [0.717, 1.165) is 29.1 Å². The van der Waals surface area contributed by atoms with Gasteiger partial charge in [-0.15, -0.1) is 0 Å². The number of benzene rings is 2. The summed E-state index contributed by atoms with van der Waals surface area (Å²) in [6.45, 7) is 6.00. The maximum absolute atomic E-state index is 13.5. The van der Waals surface area contributed by atoms with Crippen molar-refractivity contribution in [2.75, 3.05) is 36.6 Å². The number of methoxy groups -OCH3 is 1. The summed E-state index contributed by atoms with van der Waals surface area (Å²) >= 11 is 0. The Bertz CT molecular complexity index is 1040. The maximum Gasteiger partial charge on any atom is 0.409 e. The van der Waals surface area contributed by atoms with Gasteiger partial charge in [-0.05, 0) is 49.6 Å². The fraction of sp³-hybridized carbons (Fsp3) is 0.440. The standard InChI is InChI=1S/C25H29N3O4/c1-4-32-25(30)26-13-12-21-20(15-26)19-6-5-7-22-23(19)28(21)16(2)24(29)27(22)14-17-8-10-18(31-3)11-9-17/h5-11,16,20-21H,4,12-15H2,1-3H3/t16-,20+,21-/m0/s1. The molecule has 3 atom stereocenters. The molecule has 5 rings (SSSR count). The molecule has 2 aromatic carbocycles. The minimum Gasteiger partial charge on any atom is -0.497 e. The maximum atomic E-state index is 13.5. The van der Waals surface area contributed by atoms with Gasteiger partial charge in [0.2, 0.25) is 5.91 Å². The summed E-state index contributed by atoms with van der Waals surface area (Å²) in [4.78, 5) is 31.9. The van der Waals surface area contributed by atoms with Gasteiger partial charge in [0.15, 0.2) is 0 Å². The van der Waals surface area contributed by atoms with E-state index in [0.29, 0.717) is 26.2 Å². The van der Waals surface area contributed by atoms with E-state index in [1.165, 1.54) is 5.56 Å². The Morgan fingerprint density at radius 1 is 1.16 bits per heavy atom. The Morgan fingerprint density at radius 3 is 2.66 bits per heavy atom. The van der Waals surface area contributed by atoms with Gasteiger partial charge in [0.25, 0.3) is 0 Å². The number of likely N-dealkylation sites (tertiary alicyclic amines) is 1. The van der Waals surface area contributed by atoms with Gasteiger partial charge in [-0.3, -0.25) is 4.79 Å². The number of fused-ring (bicyclic) bond motifs is 3. The van der Waals surface area contributed by atoms with Gasteiger partial charge in [0.1, 0.15) is 11.8 Å². The minimum absolute atomic E-state index is 0.110. The van der Waals surface area contributed by atoms with Crippen LogP contribution in [0.4, 0.5) is 16.2 Å². The lowest BCUT2D eigenvalue weighted by atomic mass is 9.89. The number of carbonyl (C=O) groups excluding carboxylic acids is 2. The SMILES string of the molecule is CCOC(=O)N1CC[C@H]2[C@H](C1)c1cccc3c1N2[C@@H](C)C(=O)N3Cc1ccc(OC)cc1. The smallest absolute Gasteiger partial charge is 0.409 e. The van der Waals surface area contributed by atoms with Crippen molar-refractivity contribution in [1.29, 1.82) is 0 Å². The Morgan fingerprint density at radius 2 is 1.94 bits per heavy atom. The highest BCUT2D eigenvalue weighted by Gasteiger charge is 2.50. The highest BCUT2D eigenvalue weighted by molar-refractivity contribution is 6.07. The van der Waals surface area contributed by atoms with Gasteiger partial charge in [0, 0.05) is 25.0 Å². The lowest BCUT2D eigenvalue weighted by molar-refractivity contribution is -0.120. The molecule has 0 bridgehead atoms. The van der Waals surface area contributed by atoms with Crippen LogP contribution >= 0.6 is 0 Å². The first-order chi connectivity index (χ1) is 15.5. The fourth-order valence-corrected chi connectivity index (χ4v) is 5.49. The van der Waals surface area contributed by atoms with Crippen LogP contribution in [0, 0.1) is 0 Å². The Kier molecular flexibility index (Phi) is 5.19. The molecule has 2 amide bonds. The minimum atomic E-state index is -0.248. The van der Waals surface area contributed by atoms with Crippen molar-refractivity contribution in [2.24, 2.45) is 0 Å². The van der Waals surface area contributed by atoms with Crippen molar-refractivity contribution in [2.45, 2.75) is 44.8 Å². The first-order valence-electron chi connectivity index (χ1n) is 11.3. The number of anilines is 2. The number of rotatable bonds is 4. The van der Waals surface area contributed by atoms with Crippen LogP contribution in [-0.2, 0) is 16.1 Å². The van der Waals surface area contributed by atoms with Crippen molar-refractivity contribution < 1.29 is 19.1 Å². The quantitative estimate of drug-likeness (QED) is 0.732. The third-order valence-corrected chi connectivity index (χ3v) is 6.99. The lowest BCUT2D eigenvalue weighted by Gasteiger charge is -2.44. The molecule has 0 saturated carbocycles. The predicted octanol–water partition coefficient (Wildman–Crippen LogP) is 3.76. The van der Waals surface area contributed by atoms with Crippen molar-refractivity contribution in [3.8, 4) is 5.75 Å². The highest BCUT2D eigenvalue weighted by atomic mass is 16.6. The molecule has 0 radical (unpaired) electrons. The van der Waals surface area contributed by atoms with E-state index in [4.69, 9.17) is 9.47 Å². The number of amides is 2. The Hall–Kier alpha value is -3.22. The zero-order valence-corrected chi connectivity index (χ0v) is 18.8. The monoisotopic (exact) mass is 435 g/mol. The van der Waals surface area contributed by atoms with E-state index < -0.39 is 0 Å². The molecule has 7 heteroatoms. The molecular weight excluding hydrogens is 406 g/mol. The Balaban J connectivity index is 1.49. The summed E-state index contributed by atoms with van der Waals surface area (Å²) in [5, 5.41) is 0. The number of para-hydroxylation sites is 1. The second-order valence-corrected chi connectivity index (χ2v) is 8.68. The molecule has 3 aliphatic heterocycles. The zero-order valence-electron chi connectivity index (χ0n) is 18.8. The summed E-state index contributed by atoms with van der Waals surface area (Å²) in [6, 6.07) is 14.1. The second-order valence-electron chi connectivity index (χ2n) is 8.68. The summed E-state index contributed by atoms with van der Waals surface area (Å²) in [5.41, 5.74) is 4.38. The number of ether oxygens (including phenoxy) is 2. The van der Waals surface area contributed by atoms with Gasteiger partial charge < -0.3 is 24.2 Å². The van der Waals surface area contributed by atoms with Crippen LogP contribution in [0.15, 0.2) is 42.5 Å². The van der Waals surface area contributed by atoms with Crippen LogP contribution in [0.3, 0.4) is 0 Å². The third-order valence-electron chi connectivity index (χ3n) is 6.99. The van der Waals surface area contributed by atoms with Crippen molar-refractivity contribution in [3.63, 3.8) is 0 Å². The predicted molar refractivity (Wildman–Crippen MR) is 122 cm³/mol. The molecular formula is C25H29N3O4. The molecule has 1 saturated heterocycles. The number of hydrogen-bond donors (Lipinski definition) is 0. The van der Waals surface area contributed by atoms with Crippen LogP contribution in [0.2, 0.25) is 0 Å². The molecule has 0 N–H and O–H groups in total. The summed E-state index contributed by atoms with van der Waals surface area (Å²) in [5.74, 6) is 1.09. The third kappa shape index (κ3) is 3.18. The second kappa shape index (κ2) is 8.04. The molecule has 168 valence electrons. The fourth-order valence-electron chi connectivity index (χ4n) is 5.49. The van der Waals surface area contributed by atoms with Crippen LogP contribution in [0.5, 0.6) is 5.75 Å². The number of nitrogens with zero attached hydrogens (tertiary/aromatic N) is 3. The molecule has 1 fully saturated rings. The summed E-state index contributed by atoms with van der Waals surface area (Å²) in [6.07, 6.45) is 0.579. The van der Waals surface area contributed by atoms with Crippen molar-refractivity contribution >= 4 is 23.4 Å². The Labute approximate surface area is 188 Å². The average molecular weight is 436 g/mol. The molecule has 32 heavy (non-hydrogen) atoms. The van der Waals surface area contributed by atoms with Gasteiger partial charge in [-0.25, -0.2) is 4.79 Å². The molecule has 0 aliphatic carbocycles. The van der Waals surface area contributed by atoms with E-state index in [1.54, 1.807) is 7.11 Å². The van der Waals surface area contributed by atoms with E-state index >= 15 is 0 Å². The first-order valence-corrected chi connectivity index (χ1v) is 11.3. The molecule has 3 heterocycles. The molecule has 0 aromatic heterocycles. The number of carbonyl (C=O) groups is 2. The van der Waals surface area contributed by atoms with Gasteiger partial charge in [-0.2, -0.15) is 0 Å². The number of piperidine rings is 1. The summed E-state index contributed by atoms with van der Waals surface area (Å²) in [7, 11) is 1.65. The lowest BCUT2D eigenvalue weighted by Crippen LogP contribution is -2.56. The summed E-state index contributed by atoms with van der Waals surface area (Å²) < 4.78 is 10.5. The molecule has 0 unspecified atom stereocenters. The van der Waals surface area contributed by atoms with Gasteiger partial charge >= 0.3 is 6.09 Å². The average Bonchev–Trinajstić information content (AvgIpc) is 3.15. The van der Waals surface area contributed by atoms with Crippen molar-refractivity contribution in [1.82, 2.24) is 4.90 Å². The van der Waals surface area contributed by atoms with Gasteiger partial charge in [-0.1, -0.05) is 24.3 Å². The topological polar surface area (TPSA) is 62.3 Å². The first kappa shape index (κ1) is 20.7. The van der Waals surface area contributed by atoms with Gasteiger partial charge in [0.05, 0.1) is 31.6 Å². The van der Waals surface area contributed by atoms with Crippen LogP contribution in [0.1, 0.15) is 37.3 Å². The molecule has 3 aliphatic rings. The van der Waals surface area contributed by atoms with Crippen LogP contribution < -0.4 is 14.5 Å². The zero-order chi connectivity index (χ0) is 22.4. The molecule has 0 spiro atoms. The normalized spacial score (nSPS) is 23.7. The highest BCUT2D eigenvalue weighted by Crippen LogP contribution is 2.52. The van der Waals surface area contributed by atoms with E-state index in [-0.39, 0.29) is 30.0 Å². The largest absolute Gasteiger partial charge is 0.497 e. The van der Waals surface area contributed by atoms with Crippen LogP contribution in [0.25, 0.3) is 0 Å². The van der Waals surface area contributed by atoms with E-state index in [9.17, 15) is 9.59 Å². The van der Waals surface area contributed by atoms with Crippen LogP contribution in [-0.4, -0.2) is 55.8 Å². The van der Waals surface area contributed by atoms with Crippen molar-refractivity contribution in [3.05, 3.63) is 53.6 Å². The number of hydrogen-bond acceptors (Lipinski definition) is 5. The van der Waals surface area contributed by atoms with E-state index in [1.807, 2.05) is 60.0 Å². The van der Waals surface area contributed by atoms with E-state index in [2.05, 4.69) is 11.0 Å².